The van der Waals surface area contributed by atoms with Crippen molar-refractivity contribution in [1.82, 2.24) is 14.8 Å². The maximum absolute atomic E-state index is 6.01. The molecule has 0 saturated heterocycles. The largest absolute Gasteiger partial charge is 0.355 e. The molecule has 0 aliphatic carbocycles. The zero-order chi connectivity index (χ0) is 15.3. The number of hydrogen-bond acceptors (Lipinski definition) is 2. The summed E-state index contributed by atoms with van der Waals surface area (Å²) in [6.07, 6.45) is 4.04. The Labute approximate surface area is 154 Å². The summed E-state index contributed by atoms with van der Waals surface area (Å²) in [7, 11) is 5.84. The van der Waals surface area contributed by atoms with Gasteiger partial charge in [0.1, 0.15) is 0 Å². The second kappa shape index (κ2) is 9.15. The number of nitrogens with zero attached hydrogens (tertiary/aromatic N) is 3. The van der Waals surface area contributed by atoms with E-state index in [-0.39, 0.29) is 28.7 Å². The van der Waals surface area contributed by atoms with E-state index in [0.29, 0.717) is 0 Å². The van der Waals surface area contributed by atoms with Crippen molar-refractivity contribution < 1.29 is 0 Å². The van der Waals surface area contributed by atoms with Crippen molar-refractivity contribution in [2.75, 3.05) is 26.9 Å². The Kier molecular flexibility index (Phi) is 9.11. The van der Waals surface area contributed by atoms with E-state index in [4.69, 9.17) is 11.6 Å². The first kappa shape index (κ1) is 20.9. The molecule has 1 aromatic rings. The predicted molar refractivity (Wildman–Crippen MR) is 106 cm³/mol. The van der Waals surface area contributed by atoms with E-state index in [1.165, 1.54) is 0 Å². The van der Waals surface area contributed by atoms with Gasteiger partial charge in [0.05, 0.1) is 11.6 Å². The van der Waals surface area contributed by atoms with E-state index in [1.54, 1.807) is 0 Å². The van der Waals surface area contributed by atoms with E-state index in [1.807, 2.05) is 49.7 Å². The van der Waals surface area contributed by atoms with Crippen LogP contribution in [0.5, 0.6) is 0 Å². The highest BCUT2D eigenvalue weighted by molar-refractivity contribution is 14.0. The molecular formula is C14H26ClIN4S. The predicted octanol–water partition coefficient (Wildman–Crippen LogP) is 3.45. The number of aromatic nitrogens is 1. The van der Waals surface area contributed by atoms with Gasteiger partial charge >= 0.3 is 0 Å². The fraction of sp³-hybridized carbons (Fsp3) is 0.643. The highest BCUT2D eigenvalue weighted by Gasteiger charge is 2.17. The van der Waals surface area contributed by atoms with E-state index in [0.717, 1.165) is 29.8 Å². The molecule has 1 heterocycles. The SMILES string of the molecule is CN=C(NCC(C)(C)SC)N(C)Cc1cc(Cl)cn1C.I. The molecule has 4 nitrogen and oxygen atoms in total. The third-order valence-corrected chi connectivity index (χ3v) is 4.73. The molecule has 0 fully saturated rings. The summed E-state index contributed by atoms with van der Waals surface area (Å²) in [5.41, 5.74) is 1.16. The minimum absolute atomic E-state index is 0. The molecule has 1 N–H and O–H groups in total. The van der Waals surface area contributed by atoms with Crippen LogP contribution in [0.4, 0.5) is 0 Å². The van der Waals surface area contributed by atoms with Gasteiger partial charge in [0.25, 0.3) is 0 Å². The summed E-state index contributed by atoms with van der Waals surface area (Å²) >= 11 is 7.86. The zero-order valence-corrected chi connectivity index (χ0v) is 17.5. The van der Waals surface area contributed by atoms with Crippen molar-refractivity contribution in [3.05, 3.63) is 23.0 Å². The van der Waals surface area contributed by atoms with Gasteiger partial charge in [-0.25, -0.2) is 0 Å². The quantitative estimate of drug-likeness (QED) is 0.429. The summed E-state index contributed by atoms with van der Waals surface area (Å²) in [6, 6.07) is 1.98. The number of hydrogen-bond donors (Lipinski definition) is 1. The minimum Gasteiger partial charge on any atom is -0.355 e. The Bertz CT molecular complexity index is 474. The molecule has 0 aliphatic heterocycles. The third-order valence-electron chi connectivity index (χ3n) is 3.27. The van der Waals surface area contributed by atoms with Crippen molar-refractivity contribution in [3.8, 4) is 0 Å². The molecule has 0 aliphatic rings. The van der Waals surface area contributed by atoms with Gasteiger partial charge in [-0.15, -0.1) is 24.0 Å². The first-order valence-corrected chi connectivity index (χ1v) is 8.17. The van der Waals surface area contributed by atoms with Crippen LogP contribution in [0.3, 0.4) is 0 Å². The number of rotatable bonds is 5. The third kappa shape index (κ3) is 6.69. The Morgan fingerprint density at radius 1 is 1.52 bits per heavy atom. The second-order valence-corrected chi connectivity index (χ2v) is 7.43. The van der Waals surface area contributed by atoms with Gasteiger partial charge in [-0.3, -0.25) is 4.99 Å². The summed E-state index contributed by atoms with van der Waals surface area (Å²) < 4.78 is 2.23. The highest BCUT2D eigenvalue weighted by Crippen LogP contribution is 2.19. The van der Waals surface area contributed by atoms with Crippen molar-refractivity contribution in [2.45, 2.75) is 25.1 Å². The normalized spacial score (nSPS) is 12.0. The molecule has 1 rings (SSSR count). The Morgan fingerprint density at radius 2 is 2.14 bits per heavy atom. The molecule has 0 atom stereocenters. The average Bonchev–Trinajstić information content (AvgIpc) is 2.68. The fourth-order valence-electron chi connectivity index (χ4n) is 1.79. The van der Waals surface area contributed by atoms with Gasteiger partial charge in [0.15, 0.2) is 5.96 Å². The van der Waals surface area contributed by atoms with Crippen molar-refractivity contribution in [1.29, 1.82) is 0 Å². The summed E-state index contributed by atoms with van der Waals surface area (Å²) in [6.45, 7) is 6.07. The first-order valence-electron chi connectivity index (χ1n) is 6.56. The average molecular weight is 445 g/mol. The van der Waals surface area contributed by atoms with Crippen LogP contribution in [-0.4, -0.2) is 47.1 Å². The van der Waals surface area contributed by atoms with Gasteiger partial charge in [0.2, 0.25) is 0 Å². The number of halogens is 2. The lowest BCUT2D eigenvalue weighted by Crippen LogP contribution is -2.44. The van der Waals surface area contributed by atoms with Crippen LogP contribution >= 0.6 is 47.3 Å². The van der Waals surface area contributed by atoms with Crippen molar-refractivity contribution >= 4 is 53.3 Å². The molecule has 0 radical (unpaired) electrons. The van der Waals surface area contributed by atoms with Crippen LogP contribution < -0.4 is 5.32 Å². The smallest absolute Gasteiger partial charge is 0.193 e. The molecule has 122 valence electrons. The maximum Gasteiger partial charge on any atom is 0.193 e. The number of nitrogens with one attached hydrogen (secondary N) is 1. The minimum atomic E-state index is 0. The molecule has 0 bridgehead atoms. The standard InChI is InChI=1S/C14H25ClN4S.HI/c1-14(2,20-6)10-17-13(16-3)19(5)9-12-7-11(15)8-18(12)4;/h7-8H,9-10H2,1-6H3,(H,16,17);1H. The van der Waals surface area contributed by atoms with Gasteiger partial charge in [-0.1, -0.05) is 11.6 Å². The monoisotopic (exact) mass is 444 g/mol. The van der Waals surface area contributed by atoms with Gasteiger partial charge < -0.3 is 14.8 Å². The second-order valence-electron chi connectivity index (χ2n) is 5.48. The van der Waals surface area contributed by atoms with Crippen LogP contribution in [0.25, 0.3) is 0 Å². The number of guanidine groups is 1. The van der Waals surface area contributed by atoms with Gasteiger partial charge in [0, 0.05) is 44.3 Å². The molecular weight excluding hydrogens is 419 g/mol. The molecule has 7 heteroatoms. The van der Waals surface area contributed by atoms with Crippen LogP contribution in [-0.2, 0) is 13.6 Å². The molecule has 1 aromatic heterocycles. The van der Waals surface area contributed by atoms with E-state index in [9.17, 15) is 0 Å². The number of aryl methyl sites for hydroxylation is 1. The van der Waals surface area contributed by atoms with Crippen molar-refractivity contribution in [3.63, 3.8) is 0 Å². The Morgan fingerprint density at radius 3 is 2.57 bits per heavy atom. The molecule has 21 heavy (non-hydrogen) atoms. The Hall–Kier alpha value is -0.0800. The highest BCUT2D eigenvalue weighted by atomic mass is 127. The molecule has 0 unspecified atom stereocenters. The molecule has 0 spiro atoms. The van der Waals surface area contributed by atoms with Crippen LogP contribution in [0, 0.1) is 0 Å². The molecule has 0 amide bonds. The lowest BCUT2D eigenvalue weighted by atomic mass is 10.2. The molecule has 0 aromatic carbocycles. The topological polar surface area (TPSA) is 32.6 Å². The lowest BCUT2D eigenvalue weighted by Gasteiger charge is -2.27. The van der Waals surface area contributed by atoms with Crippen LogP contribution in [0.1, 0.15) is 19.5 Å². The van der Waals surface area contributed by atoms with Gasteiger partial charge in [-0.2, -0.15) is 11.8 Å². The Balaban J connectivity index is 0.00000400. The van der Waals surface area contributed by atoms with E-state index in [2.05, 4.69) is 35.3 Å². The zero-order valence-electron chi connectivity index (χ0n) is 13.6. The lowest BCUT2D eigenvalue weighted by molar-refractivity contribution is 0.458. The first-order chi connectivity index (χ1) is 9.29. The summed E-state index contributed by atoms with van der Waals surface area (Å²) in [5.74, 6) is 0.893. The maximum atomic E-state index is 6.01. The summed E-state index contributed by atoms with van der Waals surface area (Å²) in [4.78, 5) is 6.44. The van der Waals surface area contributed by atoms with E-state index >= 15 is 0 Å². The van der Waals surface area contributed by atoms with Gasteiger partial charge in [-0.05, 0) is 26.2 Å². The number of aliphatic imine (C=N–C) groups is 1. The van der Waals surface area contributed by atoms with Crippen LogP contribution in [0.2, 0.25) is 5.02 Å². The summed E-state index contributed by atoms with van der Waals surface area (Å²) in [5, 5.41) is 4.19. The number of thioether (sulfide) groups is 1. The molecule has 0 saturated carbocycles. The van der Waals surface area contributed by atoms with E-state index < -0.39 is 0 Å². The van der Waals surface area contributed by atoms with Crippen molar-refractivity contribution in [2.24, 2.45) is 12.0 Å². The fourth-order valence-corrected chi connectivity index (χ4v) is 2.28. The van der Waals surface area contributed by atoms with Crippen LogP contribution in [0.15, 0.2) is 17.3 Å².